The topological polar surface area (TPSA) is 23.6 Å². The predicted octanol–water partition coefficient (Wildman–Crippen LogP) is 2.69. The molecule has 1 heterocycles. The first-order valence-corrected chi connectivity index (χ1v) is 8.39. The highest BCUT2D eigenvalue weighted by atomic mass is 31.2. The Kier molecular flexibility index (Phi) is 3.09. The predicted molar refractivity (Wildman–Crippen MR) is 75.3 cm³/mol. The molecule has 0 amide bonds. The fourth-order valence-electron chi connectivity index (χ4n) is 3.57. The van der Waals surface area contributed by atoms with Gasteiger partial charge in [0, 0.05) is 17.4 Å². The van der Waals surface area contributed by atoms with Crippen molar-refractivity contribution in [3.05, 3.63) is 30.3 Å². The molecule has 1 saturated carbocycles. The third-order valence-electron chi connectivity index (χ3n) is 4.60. The van der Waals surface area contributed by atoms with Crippen LogP contribution in [0.3, 0.4) is 0 Å². The highest BCUT2D eigenvalue weighted by molar-refractivity contribution is 7.67. The average Bonchev–Trinajstić information content (AvgIpc) is 2.64. The highest BCUT2D eigenvalue weighted by Crippen LogP contribution is 2.60. The zero-order valence-corrected chi connectivity index (χ0v) is 12.0. The quantitative estimate of drug-likeness (QED) is 0.729. The Labute approximate surface area is 109 Å². The van der Waals surface area contributed by atoms with Crippen molar-refractivity contribution in [3.63, 3.8) is 0 Å². The van der Waals surface area contributed by atoms with Crippen LogP contribution in [0.1, 0.15) is 25.7 Å². The van der Waals surface area contributed by atoms with Gasteiger partial charge >= 0.3 is 0 Å². The molecular weight excluding hydrogens is 243 g/mol. The molecule has 98 valence electrons. The first-order valence-electron chi connectivity index (χ1n) is 6.78. The van der Waals surface area contributed by atoms with Gasteiger partial charge in [-0.3, -0.25) is 4.57 Å². The van der Waals surface area contributed by atoms with E-state index in [2.05, 4.69) is 9.34 Å². The van der Waals surface area contributed by atoms with E-state index in [0.717, 1.165) is 5.30 Å². The Morgan fingerprint density at radius 2 is 1.50 bits per heavy atom. The average molecular weight is 264 g/mol. The molecule has 3 rings (SSSR count). The van der Waals surface area contributed by atoms with Crippen molar-refractivity contribution in [1.82, 2.24) is 9.34 Å². The molecule has 18 heavy (non-hydrogen) atoms. The smallest absolute Gasteiger partial charge is 0.245 e. The molecule has 1 aromatic carbocycles. The number of likely N-dealkylation sites (N-methyl/N-ethyl adjacent to an activating group) is 2. The van der Waals surface area contributed by atoms with Crippen LogP contribution in [0.15, 0.2) is 30.3 Å². The fourth-order valence-corrected chi connectivity index (χ4v) is 6.65. The minimum atomic E-state index is -2.54. The van der Waals surface area contributed by atoms with Crippen LogP contribution in [0.5, 0.6) is 0 Å². The first-order chi connectivity index (χ1) is 8.65. The van der Waals surface area contributed by atoms with E-state index in [9.17, 15) is 4.57 Å². The minimum Gasteiger partial charge on any atom is -0.284 e. The summed E-state index contributed by atoms with van der Waals surface area (Å²) in [6.45, 7) is 0. The maximum Gasteiger partial charge on any atom is 0.245 e. The maximum atomic E-state index is 13.5. The van der Waals surface area contributed by atoms with Crippen molar-refractivity contribution in [2.45, 2.75) is 37.8 Å². The van der Waals surface area contributed by atoms with E-state index in [1.165, 1.54) is 25.7 Å². The van der Waals surface area contributed by atoms with Gasteiger partial charge in [-0.2, -0.15) is 0 Å². The van der Waals surface area contributed by atoms with Crippen LogP contribution in [0.25, 0.3) is 0 Å². The van der Waals surface area contributed by atoms with Gasteiger partial charge in [0.15, 0.2) is 0 Å². The van der Waals surface area contributed by atoms with Crippen LogP contribution in [0.2, 0.25) is 0 Å². The second kappa shape index (κ2) is 4.48. The van der Waals surface area contributed by atoms with Crippen LogP contribution in [0.4, 0.5) is 0 Å². The third-order valence-corrected chi connectivity index (χ3v) is 7.88. The Morgan fingerprint density at radius 1 is 1.00 bits per heavy atom. The summed E-state index contributed by atoms with van der Waals surface area (Å²) in [6, 6.07) is 10.9. The van der Waals surface area contributed by atoms with E-state index in [-0.39, 0.29) is 0 Å². The highest BCUT2D eigenvalue weighted by Gasteiger charge is 2.52. The lowest BCUT2D eigenvalue weighted by Crippen LogP contribution is -2.37. The summed E-state index contributed by atoms with van der Waals surface area (Å²) in [4.78, 5) is 0. The van der Waals surface area contributed by atoms with Gasteiger partial charge in [-0.05, 0) is 39.1 Å². The molecule has 2 aliphatic rings. The summed E-state index contributed by atoms with van der Waals surface area (Å²) in [5.74, 6) is 0. The van der Waals surface area contributed by atoms with Crippen molar-refractivity contribution < 1.29 is 4.57 Å². The number of rotatable bonds is 1. The number of hydrogen-bond acceptors (Lipinski definition) is 1. The summed E-state index contributed by atoms with van der Waals surface area (Å²) in [6.07, 6.45) is 4.91. The van der Waals surface area contributed by atoms with Crippen molar-refractivity contribution in [1.29, 1.82) is 0 Å². The van der Waals surface area contributed by atoms with Gasteiger partial charge in [-0.1, -0.05) is 31.0 Å². The molecule has 0 N–H and O–H groups in total. The van der Waals surface area contributed by atoms with Crippen LogP contribution in [-0.4, -0.2) is 35.5 Å². The molecular formula is C14H21N2OP. The minimum absolute atomic E-state index is 0.467. The van der Waals surface area contributed by atoms with Gasteiger partial charge < -0.3 is 0 Å². The zero-order chi connectivity index (χ0) is 12.8. The molecule has 1 aliphatic heterocycles. The molecule has 0 bridgehead atoms. The molecule has 1 aliphatic carbocycles. The molecule has 4 heteroatoms. The van der Waals surface area contributed by atoms with Crippen molar-refractivity contribution in [2.75, 3.05) is 14.1 Å². The second-order valence-electron chi connectivity index (χ2n) is 5.45. The zero-order valence-electron chi connectivity index (χ0n) is 11.1. The SMILES string of the molecule is CN1[C@@H]2CCCC[C@H]2N(C)P1(=O)c1ccccc1. The van der Waals surface area contributed by atoms with Gasteiger partial charge in [0.05, 0.1) is 0 Å². The number of benzene rings is 1. The van der Waals surface area contributed by atoms with Crippen molar-refractivity contribution >= 4 is 12.7 Å². The maximum absolute atomic E-state index is 13.5. The lowest BCUT2D eigenvalue weighted by Gasteiger charge is -2.28. The third kappa shape index (κ3) is 1.61. The van der Waals surface area contributed by atoms with Crippen LogP contribution < -0.4 is 5.30 Å². The molecule has 1 aromatic rings. The molecule has 2 atom stereocenters. The van der Waals surface area contributed by atoms with Crippen LogP contribution in [0, 0.1) is 0 Å². The van der Waals surface area contributed by atoms with Gasteiger partial charge in [0.2, 0.25) is 7.44 Å². The molecule has 0 aromatic heterocycles. The van der Waals surface area contributed by atoms with E-state index < -0.39 is 7.44 Å². The van der Waals surface area contributed by atoms with Gasteiger partial charge in [0.25, 0.3) is 0 Å². The Morgan fingerprint density at radius 3 is 2.00 bits per heavy atom. The van der Waals surface area contributed by atoms with Crippen LogP contribution in [-0.2, 0) is 4.57 Å². The number of nitrogens with zero attached hydrogens (tertiary/aromatic N) is 2. The van der Waals surface area contributed by atoms with Crippen molar-refractivity contribution in [3.8, 4) is 0 Å². The first kappa shape index (κ1) is 12.4. The molecule has 3 nitrogen and oxygen atoms in total. The summed E-state index contributed by atoms with van der Waals surface area (Å²) >= 11 is 0. The van der Waals surface area contributed by atoms with Gasteiger partial charge in [0.1, 0.15) is 0 Å². The van der Waals surface area contributed by atoms with E-state index in [4.69, 9.17) is 0 Å². The largest absolute Gasteiger partial charge is 0.284 e. The number of hydrogen-bond donors (Lipinski definition) is 0. The van der Waals surface area contributed by atoms with Gasteiger partial charge in [-0.15, -0.1) is 0 Å². The Balaban J connectivity index is 2.04. The van der Waals surface area contributed by atoms with Gasteiger partial charge in [-0.25, -0.2) is 9.34 Å². The summed E-state index contributed by atoms with van der Waals surface area (Å²) < 4.78 is 17.8. The Hall–Kier alpha value is -0.630. The molecule has 0 unspecified atom stereocenters. The van der Waals surface area contributed by atoms with E-state index in [1.807, 2.05) is 44.4 Å². The summed E-state index contributed by atoms with van der Waals surface area (Å²) in [7, 11) is 1.54. The van der Waals surface area contributed by atoms with E-state index in [1.54, 1.807) is 0 Å². The normalized spacial score (nSPS) is 32.3. The molecule has 0 radical (unpaired) electrons. The van der Waals surface area contributed by atoms with Crippen molar-refractivity contribution in [2.24, 2.45) is 0 Å². The fraction of sp³-hybridized carbons (Fsp3) is 0.571. The summed E-state index contributed by atoms with van der Waals surface area (Å²) in [5.41, 5.74) is 0. The second-order valence-corrected chi connectivity index (χ2v) is 8.31. The Bertz CT molecular complexity index is 454. The lowest BCUT2D eigenvalue weighted by molar-refractivity contribution is 0.233. The van der Waals surface area contributed by atoms with Crippen LogP contribution >= 0.6 is 7.44 Å². The molecule has 2 fully saturated rings. The number of fused-ring (bicyclic) bond motifs is 1. The molecule has 1 saturated heterocycles. The lowest BCUT2D eigenvalue weighted by atomic mass is 9.91. The van der Waals surface area contributed by atoms with E-state index in [0.29, 0.717) is 12.1 Å². The van der Waals surface area contributed by atoms with E-state index >= 15 is 0 Å². The molecule has 0 spiro atoms. The summed E-state index contributed by atoms with van der Waals surface area (Å²) in [5, 5.41) is 0.976. The monoisotopic (exact) mass is 264 g/mol. The standard InChI is InChI=1S/C14H21N2OP/c1-15-13-10-6-7-11-14(13)16(2)18(15,17)12-8-4-3-5-9-12/h3-5,8-9,13-14H,6-7,10-11H2,1-2H3/t13-,14-/m1/s1.